The molecule has 118 valence electrons. The van der Waals surface area contributed by atoms with E-state index in [0.29, 0.717) is 35.1 Å². The number of ether oxygens (including phenoxy) is 1. The van der Waals surface area contributed by atoms with Crippen LogP contribution in [0.2, 0.25) is 5.02 Å². The summed E-state index contributed by atoms with van der Waals surface area (Å²) in [5, 5.41) is 0.564. The number of hydrogen-bond donors (Lipinski definition) is 1. The van der Waals surface area contributed by atoms with E-state index >= 15 is 0 Å². The molecule has 0 radical (unpaired) electrons. The first-order valence-corrected chi connectivity index (χ1v) is 7.61. The quantitative estimate of drug-likeness (QED) is 0.909. The number of imidazole rings is 1. The Kier molecular flexibility index (Phi) is 4.08. The third-order valence-electron chi connectivity index (χ3n) is 4.16. The Bertz CT molecular complexity index is 715. The Morgan fingerprint density at radius 2 is 2.27 bits per heavy atom. The molecule has 0 spiro atoms. The lowest BCUT2D eigenvalue weighted by molar-refractivity contribution is 0.0158. The number of halogens is 1. The molecule has 0 aliphatic carbocycles. The van der Waals surface area contributed by atoms with Crippen molar-refractivity contribution in [3.8, 4) is 0 Å². The number of pyridine rings is 1. The van der Waals surface area contributed by atoms with Crippen molar-refractivity contribution >= 4 is 23.2 Å². The maximum absolute atomic E-state index is 12.9. The van der Waals surface area contributed by atoms with Crippen LogP contribution in [0.15, 0.2) is 18.3 Å². The SMILES string of the molecule is CO[C@H]1CN(C(=O)c2c(C)nc3ccc(Cl)cn23)CC[C@H]1N. The van der Waals surface area contributed by atoms with Crippen molar-refractivity contribution in [2.45, 2.75) is 25.5 Å². The smallest absolute Gasteiger partial charge is 0.272 e. The van der Waals surface area contributed by atoms with E-state index in [1.807, 2.05) is 6.92 Å². The van der Waals surface area contributed by atoms with Gasteiger partial charge in [-0.15, -0.1) is 0 Å². The highest BCUT2D eigenvalue weighted by Gasteiger charge is 2.31. The lowest BCUT2D eigenvalue weighted by atomic mass is 10.0. The van der Waals surface area contributed by atoms with Crippen LogP contribution in [-0.4, -0.2) is 52.5 Å². The molecule has 0 saturated carbocycles. The molecule has 1 fully saturated rings. The Morgan fingerprint density at radius 3 is 3.00 bits per heavy atom. The van der Waals surface area contributed by atoms with Crippen LogP contribution >= 0.6 is 11.6 Å². The van der Waals surface area contributed by atoms with Crippen LogP contribution in [0.1, 0.15) is 22.6 Å². The van der Waals surface area contributed by atoms with Crippen molar-refractivity contribution in [2.75, 3.05) is 20.2 Å². The summed E-state index contributed by atoms with van der Waals surface area (Å²) in [7, 11) is 1.62. The molecule has 3 heterocycles. The van der Waals surface area contributed by atoms with Gasteiger partial charge in [0, 0.05) is 32.4 Å². The Hall–Kier alpha value is -1.63. The van der Waals surface area contributed by atoms with Gasteiger partial charge < -0.3 is 15.4 Å². The first kappa shape index (κ1) is 15.3. The lowest BCUT2D eigenvalue weighted by Crippen LogP contribution is -2.53. The number of piperidine rings is 1. The fourth-order valence-electron chi connectivity index (χ4n) is 2.91. The van der Waals surface area contributed by atoms with Crippen molar-refractivity contribution in [3.63, 3.8) is 0 Å². The minimum Gasteiger partial charge on any atom is -0.378 e. The van der Waals surface area contributed by atoms with Crippen LogP contribution < -0.4 is 5.73 Å². The number of aromatic nitrogens is 2. The second-order valence-corrected chi connectivity index (χ2v) is 6.04. The molecule has 2 atom stereocenters. The standard InChI is InChI=1S/C15H19ClN4O2/c1-9-14(20-7-10(16)3-4-13(20)18-9)15(21)19-6-5-11(17)12(8-19)22-2/h3-4,7,11-12H,5-6,8,17H2,1-2H3/t11-,12+/m1/s1. The molecule has 0 bridgehead atoms. The molecule has 7 heteroatoms. The van der Waals surface area contributed by atoms with Gasteiger partial charge in [-0.3, -0.25) is 9.20 Å². The Morgan fingerprint density at radius 1 is 1.50 bits per heavy atom. The minimum atomic E-state index is -0.138. The van der Waals surface area contributed by atoms with Crippen LogP contribution in [-0.2, 0) is 4.74 Å². The molecule has 3 rings (SSSR count). The number of fused-ring (bicyclic) bond motifs is 1. The van der Waals surface area contributed by atoms with Crippen LogP contribution in [0, 0.1) is 6.92 Å². The maximum Gasteiger partial charge on any atom is 0.272 e. The van der Waals surface area contributed by atoms with Crippen LogP contribution in [0.4, 0.5) is 0 Å². The van der Waals surface area contributed by atoms with E-state index in [4.69, 9.17) is 22.1 Å². The number of nitrogens with zero attached hydrogens (tertiary/aromatic N) is 3. The average Bonchev–Trinajstić information content (AvgIpc) is 2.82. The maximum atomic E-state index is 12.9. The topological polar surface area (TPSA) is 72.9 Å². The van der Waals surface area contributed by atoms with Crippen molar-refractivity contribution in [1.82, 2.24) is 14.3 Å². The van der Waals surface area contributed by atoms with Gasteiger partial charge in [0.2, 0.25) is 0 Å². The lowest BCUT2D eigenvalue weighted by Gasteiger charge is -2.35. The molecule has 1 aliphatic heterocycles. The molecule has 1 aliphatic rings. The number of hydrogen-bond acceptors (Lipinski definition) is 4. The first-order chi connectivity index (χ1) is 10.5. The Balaban J connectivity index is 1.95. The van der Waals surface area contributed by atoms with E-state index in [1.165, 1.54) is 0 Å². The van der Waals surface area contributed by atoms with Gasteiger partial charge in [0.25, 0.3) is 5.91 Å². The minimum absolute atomic E-state index is 0.0354. The molecular formula is C15H19ClN4O2. The second-order valence-electron chi connectivity index (χ2n) is 5.60. The monoisotopic (exact) mass is 322 g/mol. The molecule has 2 N–H and O–H groups in total. The van der Waals surface area contributed by atoms with Crippen molar-refractivity contribution < 1.29 is 9.53 Å². The van der Waals surface area contributed by atoms with Crippen LogP contribution in [0.25, 0.3) is 5.65 Å². The summed E-state index contributed by atoms with van der Waals surface area (Å²) in [6, 6.07) is 3.53. The Labute approximate surface area is 133 Å². The number of likely N-dealkylation sites (tertiary alicyclic amines) is 1. The summed E-state index contributed by atoms with van der Waals surface area (Å²) in [4.78, 5) is 19.1. The van der Waals surface area contributed by atoms with E-state index in [9.17, 15) is 4.79 Å². The second kappa shape index (κ2) is 5.87. The zero-order chi connectivity index (χ0) is 15.9. The first-order valence-electron chi connectivity index (χ1n) is 7.23. The number of methoxy groups -OCH3 is 1. The predicted octanol–water partition coefficient (Wildman–Crippen LogP) is 1.48. The number of amides is 1. The summed E-state index contributed by atoms with van der Waals surface area (Å²) in [5.74, 6) is -0.0683. The number of nitrogens with two attached hydrogens (primary N) is 1. The van der Waals surface area contributed by atoms with Crippen molar-refractivity contribution in [1.29, 1.82) is 0 Å². The van der Waals surface area contributed by atoms with Crippen molar-refractivity contribution in [2.24, 2.45) is 5.73 Å². The van der Waals surface area contributed by atoms with Gasteiger partial charge in [0.1, 0.15) is 11.3 Å². The normalized spacial score (nSPS) is 22.3. The van der Waals surface area contributed by atoms with E-state index < -0.39 is 0 Å². The number of rotatable bonds is 2. The fourth-order valence-corrected chi connectivity index (χ4v) is 3.07. The van der Waals surface area contributed by atoms with E-state index in [-0.39, 0.29) is 18.1 Å². The molecular weight excluding hydrogens is 304 g/mol. The zero-order valence-electron chi connectivity index (χ0n) is 12.6. The molecule has 0 aromatic carbocycles. The van der Waals surface area contributed by atoms with E-state index in [0.717, 1.165) is 6.42 Å². The molecule has 0 unspecified atom stereocenters. The third kappa shape index (κ3) is 2.58. The highest BCUT2D eigenvalue weighted by atomic mass is 35.5. The van der Waals surface area contributed by atoms with Gasteiger partial charge in [0.05, 0.1) is 16.8 Å². The highest BCUT2D eigenvalue weighted by molar-refractivity contribution is 6.30. The van der Waals surface area contributed by atoms with Crippen LogP contribution in [0.3, 0.4) is 0 Å². The predicted molar refractivity (Wildman–Crippen MR) is 84.2 cm³/mol. The van der Waals surface area contributed by atoms with Gasteiger partial charge in [-0.1, -0.05) is 11.6 Å². The average molecular weight is 323 g/mol. The molecule has 6 nitrogen and oxygen atoms in total. The van der Waals surface area contributed by atoms with Gasteiger partial charge in [-0.25, -0.2) is 4.98 Å². The molecule has 2 aromatic rings. The number of aryl methyl sites for hydroxylation is 1. The molecule has 2 aromatic heterocycles. The largest absolute Gasteiger partial charge is 0.378 e. The van der Waals surface area contributed by atoms with E-state index in [2.05, 4.69) is 4.98 Å². The van der Waals surface area contributed by atoms with Gasteiger partial charge in [-0.05, 0) is 25.5 Å². The molecule has 22 heavy (non-hydrogen) atoms. The van der Waals surface area contributed by atoms with E-state index in [1.54, 1.807) is 34.7 Å². The zero-order valence-corrected chi connectivity index (χ0v) is 13.4. The number of carbonyl (C=O) groups is 1. The van der Waals surface area contributed by atoms with Gasteiger partial charge in [0.15, 0.2) is 0 Å². The molecule has 1 amide bonds. The summed E-state index contributed by atoms with van der Waals surface area (Å²) < 4.78 is 7.12. The summed E-state index contributed by atoms with van der Waals surface area (Å²) in [5.41, 5.74) is 7.96. The highest BCUT2D eigenvalue weighted by Crippen LogP contribution is 2.20. The molecule has 1 saturated heterocycles. The van der Waals surface area contributed by atoms with Crippen LogP contribution in [0.5, 0.6) is 0 Å². The van der Waals surface area contributed by atoms with Gasteiger partial charge in [-0.2, -0.15) is 0 Å². The van der Waals surface area contributed by atoms with Crippen molar-refractivity contribution in [3.05, 3.63) is 34.7 Å². The summed E-state index contributed by atoms with van der Waals surface area (Å²) in [6.07, 6.45) is 2.30. The summed E-state index contributed by atoms with van der Waals surface area (Å²) >= 11 is 6.05. The third-order valence-corrected chi connectivity index (χ3v) is 4.38. The fraction of sp³-hybridized carbons (Fsp3) is 0.467. The summed E-state index contributed by atoms with van der Waals surface area (Å²) in [6.45, 7) is 2.94. The number of carbonyl (C=O) groups excluding carboxylic acids is 1. The van der Waals surface area contributed by atoms with Gasteiger partial charge >= 0.3 is 0 Å².